The van der Waals surface area contributed by atoms with Crippen LogP contribution in [0.5, 0.6) is 0 Å². The van der Waals surface area contributed by atoms with Gasteiger partial charge < -0.3 is 14.7 Å². The monoisotopic (exact) mass is 799 g/mol. The molecule has 0 radical (unpaired) electrons. The average Bonchev–Trinajstić information content (AvgIpc) is 3.83. The highest BCUT2D eigenvalue weighted by atomic mass is 35.5. The van der Waals surface area contributed by atoms with Crippen LogP contribution in [0.15, 0.2) is 36.5 Å². The van der Waals surface area contributed by atoms with E-state index in [1.54, 1.807) is 11.3 Å². The van der Waals surface area contributed by atoms with Gasteiger partial charge in [0.15, 0.2) is 5.13 Å². The molecular weight excluding hydrogens is 757 g/mol. The number of imide groups is 2. The number of carbonyl (C=O) groups excluding carboxylic acids is 4. The van der Waals surface area contributed by atoms with Crippen LogP contribution >= 0.6 is 22.9 Å². The third-order valence-electron chi connectivity index (χ3n) is 12.8. The number of anilines is 3. The molecule has 0 saturated carbocycles. The van der Waals surface area contributed by atoms with Crippen molar-refractivity contribution in [1.82, 2.24) is 25.0 Å². The highest BCUT2D eigenvalue weighted by Gasteiger charge is 2.47. The minimum Gasteiger partial charge on any atom is -0.368 e. The molecule has 9 rings (SSSR count). The van der Waals surface area contributed by atoms with Crippen LogP contribution in [0.4, 0.5) is 26.6 Å². The lowest BCUT2D eigenvalue weighted by Crippen LogP contribution is -2.63. The number of piperidine rings is 2. The smallest absolute Gasteiger partial charge is 0.262 e. The number of nitrogens with zero attached hydrogens (tertiary/aromatic N) is 8. The topological polar surface area (TPSA) is 117 Å². The molecule has 7 heterocycles. The summed E-state index contributed by atoms with van der Waals surface area (Å²) in [5.41, 5.74) is 2.19. The van der Waals surface area contributed by atoms with Crippen LogP contribution in [-0.2, 0) is 16.1 Å². The Kier molecular flexibility index (Phi) is 9.51. The van der Waals surface area contributed by atoms with Gasteiger partial charge in [0, 0.05) is 106 Å². The summed E-state index contributed by atoms with van der Waals surface area (Å²) in [4.78, 5) is 72.6. The molecule has 3 aromatic rings. The van der Waals surface area contributed by atoms with Gasteiger partial charge in [0.1, 0.15) is 11.9 Å². The Morgan fingerprint density at radius 3 is 2.43 bits per heavy atom. The van der Waals surface area contributed by atoms with Gasteiger partial charge in [-0.15, -0.1) is 11.3 Å². The first-order chi connectivity index (χ1) is 27.0. The van der Waals surface area contributed by atoms with Gasteiger partial charge in [-0.3, -0.25) is 39.2 Å². The van der Waals surface area contributed by atoms with E-state index in [1.165, 1.54) is 10.9 Å². The minimum atomic E-state index is -1.09. The Hall–Kier alpha value is -4.62. The van der Waals surface area contributed by atoms with Crippen LogP contribution < -0.4 is 20.0 Å². The Bertz CT molecular complexity index is 2150. The average molecular weight is 800 g/mol. The zero-order chi connectivity index (χ0) is 38.9. The van der Waals surface area contributed by atoms with Crippen molar-refractivity contribution in [2.75, 3.05) is 73.6 Å². The number of thiazole rings is 1. The second-order valence-electron chi connectivity index (χ2n) is 16.2. The first-order valence-electron chi connectivity index (χ1n) is 19.4. The lowest BCUT2D eigenvalue weighted by atomic mass is 9.77. The molecule has 1 spiro atoms. The highest BCUT2D eigenvalue weighted by Crippen LogP contribution is 2.46. The van der Waals surface area contributed by atoms with E-state index in [4.69, 9.17) is 23.2 Å². The fraction of sp³-hybridized carbons (Fsp3) is 0.500. The second kappa shape index (κ2) is 14.4. The zero-order valence-corrected chi connectivity index (χ0v) is 32.8. The molecule has 2 atom stereocenters. The number of piperazine rings is 1. The van der Waals surface area contributed by atoms with Crippen LogP contribution in [0.3, 0.4) is 0 Å². The molecule has 2 aromatic carbocycles. The van der Waals surface area contributed by atoms with Gasteiger partial charge in [-0.2, -0.15) is 0 Å². The highest BCUT2D eigenvalue weighted by molar-refractivity contribution is 7.15. The maximum Gasteiger partial charge on any atom is 0.262 e. The molecule has 1 aromatic heterocycles. The van der Waals surface area contributed by atoms with E-state index < -0.39 is 35.5 Å². The molecule has 1 unspecified atom stereocenters. The number of benzene rings is 2. The maximum absolute atomic E-state index is 15.4. The van der Waals surface area contributed by atoms with Gasteiger partial charge in [0.05, 0.1) is 23.4 Å². The van der Waals surface area contributed by atoms with Crippen LogP contribution in [0, 0.1) is 17.8 Å². The van der Waals surface area contributed by atoms with Crippen molar-refractivity contribution in [2.45, 2.75) is 63.7 Å². The van der Waals surface area contributed by atoms with Gasteiger partial charge in [0.2, 0.25) is 17.5 Å². The van der Waals surface area contributed by atoms with E-state index in [9.17, 15) is 19.2 Å². The van der Waals surface area contributed by atoms with E-state index in [0.717, 1.165) is 93.4 Å². The molecule has 6 aliphatic rings. The fourth-order valence-electron chi connectivity index (χ4n) is 9.59. The summed E-state index contributed by atoms with van der Waals surface area (Å²) in [7, 11) is 0. The summed E-state index contributed by atoms with van der Waals surface area (Å²) in [6, 6.07) is 7.93. The summed E-state index contributed by atoms with van der Waals surface area (Å²) in [5.74, 6) is -3.05. The van der Waals surface area contributed by atoms with Crippen molar-refractivity contribution in [3.8, 4) is 0 Å². The lowest BCUT2D eigenvalue weighted by Gasteiger charge is -2.49. The lowest BCUT2D eigenvalue weighted by molar-refractivity contribution is -0.136. The molecule has 56 heavy (non-hydrogen) atoms. The molecule has 13 nitrogen and oxygen atoms in total. The van der Waals surface area contributed by atoms with Crippen molar-refractivity contribution < 1.29 is 23.6 Å². The predicted octanol–water partition coefficient (Wildman–Crippen LogP) is 4.78. The van der Waals surface area contributed by atoms with Crippen molar-refractivity contribution >= 4 is 68.8 Å². The normalized spacial score (nSPS) is 24.5. The number of carbonyl (C=O) groups is 4. The molecule has 0 aliphatic carbocycles. The summed E-state index contributed by atoms with van der Waals surface area (Å²) < 4.78 is 15.4. The van der Waals surface area contributed by atoms with Crippen molar-refractivity contribution in [2.24, 2.45) is 5.41 Å². The summed E-state index contributed by atoms with van der Waals surface area (Å²) in [6.45, 7) is 18.4. The van der Waals surface area contributed by atoms with Crippen LogP contribution in [0.25, 0.3) is 4.85 Å². The molecule has 5 fully saturated rings. The summed E-state index contributed by atoms with van der Waals surface area (Å²) in [6.07, 6.45) is 5.51. The third kappa shape index (κ3) is 6.60. The third-order valence-corrected chi connectivity index (χ3v) is 14.1. The Labute approximate surface area is 333 Å². The SMILES string of the molecule is [C-]#[N+]c1ccc(N2CC3(CCN(c4ncc(CN5CCN(C6CN(c7cc8c(cc7F)C(=O)N(C7CCC(=O)NC7=O)C8=O)C6)CC5)s4)CC3)C[C@@H]2C)cc1Cl. The summed E-state index contributed by atoms with van der Waals surface area (Å²) in [5, 5.41) is 3.80. The zero-order valence-electron chi connectivity index (χ0n) is 31.2. The number of rotatable bonds is 7. The van der Waals surface area contributed by atoms with Gasteiger partial charge in [-0.1, -0.05) is 17.7 Å². The molecular formula is C40H43ClFN9O4S. The van der Waals surface area contributed by atoms with E-state index >= 15 is 4.39 Å². The van der Waals surface area contributed by atoms with Gasteiger partial charge in [0.25, 0.3) is 11.8 Å². The van der Waals surface area contributed by atoms with E-state index in [-0.39, 0.29) is 41.1 Å². The van der Waals surface area contributed by atoms with E-state index in [0.29, 0.717) is 29.8 Å². The van der Waals surface area contributed by atoms with Gasteiger partial charge >= 0.3 is 0 Å². The number of amides is 4. The van der Waals surface area contributed by atoms with Crippen LogP contribution in [0.1, 0.15) is 64.6 Å². The van der Waals surface area contributed by atoms with Crippen molar-refractivity contribution in [3.05, 3.63) is 74.8 Å². The van der Waals surface area contributed by atoms with Gasteiger partial charge in [-0.25, -0.2) is 14.2 Å². The molecule has 6 aliphatic heterocycles. The number of hydrogen-bond donors (Lipinski definition) is 1. The van der Waals surface area contributed by atoms with E-state index in [1.807, 2.05) is 29.3 Å². The fourth-order valence-corrected chi connectivity index (χ4v) is 10.8. The molecule has 292 valence electrons. The quantitative estimate of drug-likeness (QED) is 0.265. The number of hydrogen-bond acceptors (Lipinski definition) is 11. The van der Waals surface area contributed by atoms with E-state index in [2.05, 4.69) is 36.7 Å². The maximum atomic E-state index is 15.4. The number of fused-ring (bicyclic) bond motifs is 1. The summed E-state index contributed by atoms with van der Waals surface area (Å²) >= 11 is 8.18. The Balaban J connectivity index is 0.741. The number of halogens is 2. The number of aromatic nitrogens is 1. The Morgan fingerprint density at radius 2 is 1.73 bits per heavy atom. The largest absolute Gasteiger partial charge is 0.368 e. The standard InChI is InChI=1S/C40H43ClFN9O4S/c1-24-18-40(23-50(24)25-3-4-32(43-2)30(41)15-25)7-9-48(10-8-40)39-44-19-27(56-39)22-46-11-13-47(14-12-46)26-20-49(21-26)34-17-29-28(16-31(34)42)37(54)51(38(29)55)33-5-6-35(52)45-36(33)53/h3-4,15-17,19,24,26,33H,5-14,18,20-23H2,1H3,(H,45,52,53)/t24-,33?/m0/s1. The molecule has 16 heteroatoms. The molecule has 5 saturated heterocycles. The Morgan fingerprint density at radius 1 is 1.00 bits per heavy atom. The number of nitrogens with one attached hydrogen (secondary N) is 1. The van der Waals surface area contributed by atoms with Crippen LogP contribution in [0.2, 0.25) is 5.02 Å². The first-order valence-corrected chi connectivity index (χ1v) is 20.6. The molecule has 4 amide bonds. The molecule has 0 bridgehead atoms. The van der Waals surface area contributed by atoms with Crippen molar-refractivity contribution in [1.29, 1.82) is 0 Å². The van der Waals surface area contributed by atoms with Gasteiger partial charge in [-0.05, 0) is 62.3 Å². The first kappa shape index (κ1) is 37.0. The molecule has 1 N–H and O–H groups in total. The van der Waals surface area contributed by atoms with Crippen molar-refractivity contribution in [3.63, 3.8) is 0 Å². The van der Waals surface area contributed by atoms with Crippen LogP contribution in [-0.4, -0.2) is 120 Å². The predicted molar refractivity (Wildman–Crippen MR) is 211 cm³/mol. The minimum absolute atomic E-state index is 0.0276. The second-order valence-corrected chi connectivity index (χ2v) is 17.7.